The summed E-state index contributed by atoms with van der Waals surface area (Å²) in [6.45, 7) is -0.545. The van der Waals surface area contributed by atoms with Crippen LogP contribution in [0.25, 0.3) is 0 Å². The Labute approximate surface area is 149 Å². The predicted molar refractivity (Wildman–Crippen MR) is 95.1 cm³/mol. The molecule has 1 amide bonds. The third kappa shape index (κ3) is 4.78. The van der Waals surface area contributed by atoms with Gasteiger partial charge in [-0.15, -0.1) is 0 Å². The minimum Gasteiger partial charge on any atom is -0.324 e. The van der Waals surface area contributed by atoms with E-state index in [0.717, 1.165) is 10.6 Å². The van der Waals surface area contributed by atoms with Crippen molar-refractivity contribution in [2.45, 2.75) is 0 Å². The summed E-state index contributed by atoms with van der Waals surface area (Å²) in [7, 11) is -3.80. The summed E-state index contributed by atoms with van der Waals surface area (Å²) in [5, 5.41) is 22.1. The summed E-state index contributed by atoms with van der Waals surface area (Å²) in [4.78, 5) is 22.4. The number of nitrogens with one attached hydrogen (secondary N) is 1. The van der Waals surface area contributed by atoms with Gasteiger partial charge in [0, 0.05) is 17.8 Å². The highest BCUT2D eigenvalue weighted by Gasteiger charge is 2.21. The van der Waals surface area contributed by atoms with Crippen molar-refractivity contribution in [1.29, 1.82) is 5.26 Å². The molecular weight excluding hydrogens is 360 g/mol. The Bertz CT molecular complexity index is 998. The van der Waals surface area contributed by atoms with Crippen molar-refractivity contribution in [3.63, 3.8) is 0 Å². The van der Waals surface area contributed by atoms with Gasteiger partial charge in [0.15, 0.2) is 0 Å². The molecular formula is C16H14N4O5S. The number of nitro benzene ring substituents is 1. The van der Waals surface area contributed by atoms with E-state index in [2.05, 4.69) is 5.32 Å². The van der Waals surface area contributed by atoms with Gasteiger partial charge in [-0.1, -0.05) is 12.1 Å². The topological polar surface area (TPSA) is 133 Å². The summed E-state index contributed by atoms with van der Waals surface area (Å²) in [6, 6.07) is 13.0. The molecule has 0 heterocycles. The molecule has 9 nitrogen and oxygen atoms in total. The van der Waals surface area contributed by atoms with Crippen LogP contribution in [0.15, 0.2) is 48.5 Å². The van der Waals surface area contributed by atoms with Gasteiger partial charge in [0.05, 0.1) is 28.5 Å². The molecule has 0 fully saturated rings. The maximum atomic E-state index is 12.2. The number of carbonyl (C=O) groups excluding carboxylic acids is 1. The molecule has 0 aliphatic carbocycles. The van der Waals surface area contributed by atoms with Crippen molar-refractivity contribution in [2.24, 2.45) is 0 Å². The molecule has 0 atom stereocenters. The number of nitro groups is 1. The predicted octanol–water partition coefficient (Wildman–Crippen LogP) is 1.87. The zero-order valence-electron chi connectivity index (χ0n) is 13.6. The van der Waals surface area contributed by atoms with E-state index in [-0.39, 0.29) is 22.6 Å². The van der Waals surface area contributed by atoms with Gasteiger partial charge in [0.2, 0.25) is 15.9 Å². The first-order chi connectivity index (χ1) is 12.2. The normalized spacial score (nSPS) is 10.6. The fraction of sp³-hybridized carbons (Fsp3) is 0.125. The number of amides is 1. The van der Waals surface area contributed by atoms with Crippen LogP contribution in [-0.4, -0.2) is 32.0 Å². The van der Waals surface area contributed by atoms with Crippen molar-refractivity contribution in [2.75, 3.05) is 22.4 Å². The first-order valence-electron chi connectivity index (χ1n) is 7.23. The van der Waals surface area contributed by atoms with Crippen LogP contribution in [0.4, 0.5) is 17.1 Å². The second kappa shape index (κ2) is 7.62. The summed E-state index contributed by atoms with van der Waals surface area (Å²) < 4.78 is 24.9. The Kier molecular flexibility index (Phi) is 5.54. The number of carbonyl (C=O) groups is 1. The van der Waals surface area contributed by atoms with Crippen molar-refractivity contribution < 1.29 is 18.1 Å². The minimum absolute atomic E-state index is 0.167. The highest BCUT2D eigenvalue weighted by atomic mass is 32.2. The van der Waals surface area contributed by atoms with Gasteiger partial charge < -0.3 is 5.32 Å². The lowest BCUT2D eigenvalue weighted by Crippen LogP contribution is -2.37. The van der Waals surface area contributed by atoms with E-state index in [1.54, 1.807) is 0 Å². The van der Waals surface area contributed by atoms with E-state index in [1.807, 2.05) is 6.07 Å². The van der Waals surface area contributed by atoms with Crippen LogP contribution in [0.1, 0.15) is 5.56 Å². The van der Waals surface area contributed by atoms with Gasteiger partial charge in [-0.3, -0.25) is 19.2 Å². The van der Waals surface area contributed by atoms with Gasteiger partial charge in [-0.05, 0) is 24.3 Å². The Morgan fingerprint density at radius 1 is 1.27 bits per heavy atom. The third-order valence-electron chi connectivity index (χ3n) is 3.29. The molecule has 26 heavy (non-hydrogen) atoms. The molecule has 2 rings (SSSR count). The van der Waals surface area contributed by atoms with Crippen molar-refractivity contribution in [3.05, 3.63) is 64.2 Å². The molecule has 0 unspecified atom stereocenters. The van der Waals surface area contributed by atoms with Gasteiger partial charge >= 0.3 is 0 Å². The molecule has 10 heteroatoms. The second-order valence-electron chi connectivity index (χ2n) is 5.29. The van der Waals surface area contributed by atoms with Gasteiger partial charge in [-0.25, -0.2) is 8.42 Å². The van der Waals surface area contributed by atoms with Crippen LogP contribution in [0.5, 0.6) is 0 Å². The number of sulfonamides is 1. The maximum absolute atomic E-state index is 12.2. The summed E-state index contributed by atoms with van der Waals surface area (Å²) in [5.41, 5.74) is 0.379. The number of non-ortho nitro benzene ring substituents is 1. The zero-order chi connectivity index (χ0) is 19.3. The highest BCUT2D eigenvalue weighted by Crippen LogP contribution is 2.20. The average molecular weight is 374 g/mol. The summed E-state index contributed by atoms with van der Waals surface area (Å²) in [6.07, 6.45) is 0.937. The molecule has 0 spiro atoms. The molecule has 0 saturated heterocycles. The van der Waals surface area contributed by atoms with Crippen LogP contribution in [0, 0.1) is 21.4 Å². The van der Waals surface area contributed by atoms with Crippen LogP contribution >= 0.6 is 0 Å². The van der Waals surface area contributed by atoms with Crippen molar-refractivity contribution in [1.82, 2.24) is 0 Å². The molecule has 2 aromatic carbocycles. The Balaban J connectivity index is 2.24. The molecule has 0 bridgehead atoms. The number of nitriles is 1. The molecule has 0 aliphatic rings. The zero-order valence-corrected chi connectivity index (χ0v) is 14.4. The second-order valence-corrected chi connectivity index (χ2v) is 7.19. The van der Waals surface area contributed by atoms with E-state index in [1.165, 1.54) is 48.5 Å². The lowest BCUT2D eigenvalue weighted by molar-refractivity contribution is -0.384. The van der Waals surface area contributed by atoms with Gasteiger partial charge in [0.1, 0.15) is 6.54 Å². The highest BCUT2D eigenvalue weighted by molar-refractivity contribution is 7.92. The fourth-order valence-corrected chi connectivity index (χ4v) is 3.01. The lowest BCUT2D eigenvalue weighted by atomic mass is 10.2. The van der Waals surface area contributed by atoms with Crippen LogP contribution in [0.2, 0.25) is 0 Å². The molecule has 0 aliphatic heterocycles. The molecule has 0 aromatic heterocycles. The van der Waals surface area contributed by atoms with E-state index in [0.29, 0.717) is 0 Å². The summed E-state index contributed by atoms with van der Waals surface area (Å²) >= 11 is 0. The monoisotopic (exact) mass is 374 g/mol. The number of nitrogens with zero attached hydrogens (tertiary/aromatic N) is 3. The van der Waals surface area contributed by atoms with Crippen LogP contribution in [0.3, 0.4) is 0 Å². The number of hydrogen-bond donors (Lipinski definition) is 1. The first-order valence-corrected chi connectivity index (χ1v) is 9.08. The van der Waals surface area contributed by atoms with E-state index >= 15 is 0 Å². The van der Waals surface area contributed by atoms with Gasteiger partial charge in [0.25, 0.3) is 5.69 Å². The molecule has 134 valence electrons. The molecule has 0 saturated carbocycles. The Hall–Kier alpha value is -3.45. The molecule has 1 N–H and O–H groups in total. The number of benzene rings is 2. The van der Waals surface area contributed by atoms with Crippen molar-refractivity contribution in [3.8, 4) is 6.07 Å². The van der Waals surface area contributed by atoms with Crippen LogP contribution in [-0.2, 0) is 14.8 Å². The van der Waals surface area contributed by atoms with E-state index in [9.17, 15) is 23.3 Å². The minimum atomic E-state index is -3.80. The number of rotatable bonds is 6. The Morgan fingerprint density at radius 3 is 2.58 bits per heavy atom. The van der Waals surface area contributed by atoms with E-state index in [4.69, 9.17) is 5.26 Å². The van der Waals surface area contributed by atoms with Crippen molar-refractivity contribution >= 4 is 33.0 Å². The molecule has 2 aromatic rings. The third-order valence-corrected chi connectivity index (χ3v) is 4.43. The quantitative estimate of drug-likeness (QED) is 0.606. The molecule has 0 radical (unpaired) electrons. The lowest BCUT2D eigenvalue weighted by Gasteiger charge is -2.22. The van der Waals surface area contributed by atoms with Crippen LogP contribution < -0.4 is 9.62 Å². The largest absolute Gasteiger partial charge is 0.324 e. The number of anilines is 2. The Morgan fingerprint density at radius 2 is 1.96 bits per heavy atom. The number of hydrogen-bond acceptors (Lipinski definition) is 6. The average Bonchev–Trinajstić information content (AvgIpc) is 2.59. The standard InChI is InChI=1S/C16H14N4O5S/c1-26(24,25)19(14-6-2-4-12(8-14)10-17)11-16(21)18-13-5-3-7-15(9-13)20(22)23/h2-9H,11H2,1H3,(H,18,21). The van der Waals surface area contributed by atoms with E-state index < -0.39 is 27.4 Å². The SMILES string of the molecule is CS(=O)(=O)N(CC(=O)Nc1cccc([N+](=O)[O-])c1)c1cccc(C#N)c1. The summed E-state index contributed by atoms with van der Waals surface area (Å²) in [5.74, 6) is -0.682. The van der Waals surface area contributed by atoms with Gasteiger partial charge in [-0.2, -0.15) is 5.26 Å². The smallest absolute Gasteiger partial charge is 0.271 e. The first kappa shape index (κ1) is 18.9. The fourth-order valence-electron chi connectivity index (χ4n) is 2.16. The maximum Gasteiger partial charge on any atom is 0.271 e.